The van der Waals surface area contributed by atoms with Crippen molar-refractivity contribution in [2.75, 3.05) is 0 Å². The second-order valence-corrected chi connectivity index (χ2v) is 5.55. The van der Waals surface area contributed by atoms with Gasteiger partial charge in [0.05, 0.1) is 0 Å². The third-order valence-corrected chi connectivity index (χ3v) is 3.84. The van der Waals surface area contributed by atoms with Crippen LogP contribution in [0.3, 0.4) is 0 Å². The molecule has 1 radical (unpaired) electrons. The maximum atomic E-state index is 12.5. The summed E-state index contributed by atoms with van der Waals surface area (Å²) in [5.41, 5.74) is 3.90. The maximum Gasteiger partial charge on any atom is 0.193 e. The molecule has 0 unspecified atom stereocenters. The van der Waals surface area contributed by atoms with E-state index in [9.17, 15) is 4.79 Å². The molecule has 3 aromatic carbocycles. The van der Waals surface area contributed by atoms with Crippen LogP contribution < -0.4 is 0 Å². The summed E-state index contributed by atoms with van der Waals surface area (Å²) < 4.78 is 0. The summed E-state index contributed by atoms with van der Waals surface area (Å²) in [6.45, 7) is 0. The van der Waals surface area contributed by atoms with Crippen LogP contribution in [0, 0.1) is 6.42 Å². The average molecular weight is 299 g/mol. The fourth-order valence-electron chi connectivity index (χ4n) is 2.61. The first kappa shape index (κ1) is 15.2. The van der Waals surface area contributed by atoms with Crippen LogP contribution in [0.5, 0.6) is 0 Å². The first-order valence-electron chi connectivity index (χ1n) is 7.90. The molecule has 113 valence electrons. The minimum Gasteiger partial charge on any atom is -0.289 e. The predicted molar refractivity (Wildman–Crippen MR) is 94.5 cm³/mol. The molecule has 0 aliphatic carbocycles. The molecule has 1 heteroatoms. The number of rotatable bonds is 6. The zero-order chi connectivity index (χ0) is 15.9. The van der Waals surface area contributed by atoms with E-state index in [2.05, 4.69) is 30.7 Å². The van der Waals surface area contributed by atoms with Crippen LogP contribution in [-0.2, 0) is 6.42 Å². The van der Waals surface area contributed by atoms with Gasteiger partial charge in [0, 0.05) is 11.1 Å². The summed E-state index contributed by atoms with van der Waals surface area (Å²) in [6, 6.07) is 27.7. The first-order valence-corrected chi connectivity index (χ1v) is 7.90. The maximum absolute atomic E-state index is 12.5. The van der Waals surface area contributed by atoms with Gasteiger partial charge in [0.15, 0.2) is 5.78 Å². The van der Waals surface area contributed by atoms with Gasteiger partial charge in [-0.1, -0.05) is 78.9 Å². The standard InChI is InChI=1S/C22H19O/c23-22(20-14-5-2-6-15-20)21-16-8-13-19(17-21)12-7-11-18-9-3-1-4-10-18/h1-6,8-10,12-17H,7,11H2. The second-order valence-electron chi connectivity index (χ2n) is 5.55. The van der Waals surface area contributed by atoms with E-state index in [0.717, 1.165) is 29.5 Å². The number of carbonyl (C=O) groups is 1. The molecule has 0 fully saturated rings. The van der Waals surface area contributed by atoms with Crippen LogP contribution in [0.1, 0.15) is 33.5 Å². The van der Waals surface area contributed by atoms with Crippen molar-refractivity contribution in [1.82, 2.24) is 0 Å². The van der Waals surface area contributed by atoms with Crippen LogP contribution in [-0.4, -0.2) is 5.78 Å². The summed E-state index contributed by atoms with van der Waals surface area (Å²) in [4.78, 5) is 12.5. The molecule has 3 aromatic rings. The molecule has 0 saturated carbocycles. The highest BCUT2D eigenvalue weighted by atomic mass is 16.1. The smallest absolute Gasteiger partial charge is 0.193 e. The van der Waals surface area contributed by atoms with E-state index in [-0.39, 0.29) is 5.78 Å². The van der Waals surface area contributed by atoms with Crippen LogP contribution >= 0.6 is 0 Å². The Balaban J connectivity index is 1.64. The van der Waals surface area contributed by atoms with Gasteiger partial charge < -0.3 is 0 Å². The van der Waals surface area contributed by atoms with Crippen LogP contribution in [0.2, 0.25) is 0 Å². The fraction of sp³-hybridized carbons (Fsp3) is 0.0909. The SMILES string of the molecule is O=C(c1ccccc1)c1cccc([CH]CCc2ccccc2)c1. The summed E-state index contributed by atoms with van der Waals surface area (Å²) in [6.07, 6.45) is 4.17. The van der Waals surface area contributed by atoms with E-state index < -0.39 is 0 Å². The number of carbonyl (C=O) groups excluding carboxylic acids is 1. The Morgan fingerprint density at radius 3 is 2.13 bits per heavy atom. The lowest BCUT2D eigenvalue weighted by Gasteiger charge is -2.05. The van der Waals surface area contributed by atoms with Gasteiger partial charge in [-0.15, -0.1) is 0 Å². The molecule has 23 heavy (non-hydrogen) atoms. The van der Waals surface area contributed by atoms with Crippen molar-refractivity contribution in [2.45, 2.75) is 12.8 Å². The summed E-state index contributed by atoms with van der Waals surface area (Å²) in [5.74, 6) is 0.0731. The highest BCUT2D eigenvalue weighted by Crippen LogP contribution is 2.15. The lowest BCUT2D eigenvalue weighted by atomic mass is 9.98. The summed E-state index contributed by atoms with van der Waals surface area (Å²) in [7, 11) is 0. The van der Waals surface area contributed by atoms with Crippen LogP contribution in [0.4, 0.5) is 0 Å². The molecule has 3 rings (SSSR count). The number of hydrogen-bond acceptors (Lipinski definition) is 1. The molecule has 1 nitrogen and oxygen atoms in total. The van der Waals surface area contributed by atoms with E-state index in [0.29, 0.717) is 0 Å². The second kappa shape index (κ2) is 7.55. The third-order valence-electron chi connectivity index (χ3n) is 3.84. The molecule has 0 atom stereocenters. The van der Waals surface area contributed by atoms with Gasteiger partial charge in [-0.05, 0) is 36.5 Å². The normalized spacial score (nSPS) is 10.4. The molecular formula is C22H19O. The lowest BCUT2D eigenvalue weighted by molar-refractivity contribution is 0.103. The minimum atomic E-state index is 0.0731. The van der Waals surface area contributed by atoms with Crippen molar-refractivity contribution in [3.8, 4) is 0 Å². The highest BCUT2D eigenvalue weighted by molar-refractivity contribution is 6.09. The predicted octanol–water partition coefficient (Wildman–Crippen LogP) is 5.10. The minimum absolute atomic E-state index is 0.0731. The van der Waals surface area contributed by atoms with Gasteiger partial charge in [-0.2, -0.15) is 0 Å². The number of ketones is 1. The number of hydrogen-bond donors (Lipinski definition) is 0. The van der Waals surface area contributed by atoms with Gasteiger partial charge >= 0.3 is 0 Å². The molecular weight excluding hydrogens is 280 g/mol. The van der Waals surface area contributed by atoms with E-state index in [1.165, 1.54) is 5.56 Å². The van der Waals surface area contributed by atoms with Gasteiger partial charge in [0.2, 0.25) is 0 Å². The van der Waals surface area contributed by atoms with E-state index in [1.807, 2.05) is 60.7 Å². The zero-order valence-electron chi connectivity index (χ0n) is 13.0. The Morgan fingerprint density at radius 1 is 0.739 bits per heavy atom. The average Bonchev–Trinajstić information content (AvgIpc) is 2.63. The Morgan fingerprint density at radius 2 is 1.39 bits per heavy atom. The third kappa shape index (κ3) is 4.17. The van der Waals surface area contributed by atoms with E-state index in [4.69, 9.17) is 0 Å². The quantitative estimate of drug-likeness (QED) is 0.578. The van der Waals surface area contributed by atoms with Crippen LogP contribution in [0.15, 0.2) is 84.9 Å². The Hall–Kier alpha value is -2.67. The summed E-state index contributed by atoms with van der Waals surface area (Å²) >= 11 is 0. The molecule has 0 amide bonds. The van der Waals surface area contributed by atoms with Crippen molar-refractivity contribution in [1.29, 1.82) is 0 Å². The first-order chi connectivity index (χ1) is 11.3. The number of aryl methyl sites for hydroxylation is 1. The van der Waals surface area contributed by atoms with Gasteiger partial charge in [-0.25, -0.2) is 0 Å². The van der Waals surface area contributed by atoms with Crippen molar-refractivity contribution in [3.63, 3.8) is 0 Å². The molecule has 0 bridgehead atoms. The lowest BCUT2D eigenvalue weighted by Crippen LogP contribution is -2.01. The largest absolute Gasteiger partial charge is 0.289 e. The fourth-order valence-corrected chi connectivity index (χ4v) is 2.61. The molecule has 0 aliphatic heterocycles. The van der Waals surface area contributed by atoms with Crippen molar-refractivity contribution < 1.29 is 4.79 Å². The zero-order valence-corrected chi connectivity index (χ0v) is 13.0. The Labute approximate surface area is 137 Å². The van der Waals surface area contributed by atoms with E-state index in [1.54, 1.807) is 0 Å². The number of benzene rings is 3. The monoisotopic (exact) mass is 299 g/mol. The Bertz CT molecular complexity index is 760. The van der Waals surface area contributed by atoms with Gasteiger partial charge in [0.1, 0.15) is 0 Å². The summed E-state index contributed by atoms with van der Waals surface area (Å²) in [5, 5.41) is 0. The molecule has 0 N–H and O–H groups in total. The topological polar surface area (TPSA) is 17.1 Å². The van der Waals surface area contributed by atoms with E-state index >= 15 is 0 Å². The van der Waals surface area contributed by atoms with Crippen LogP contribution in [0.25, 0.3) is 0 Å². The molecule has 0 spiro atoms. The van der Waals surface area contributed by atoms with Crippen molar-refractivity contribution >= 4 is 5.78 Å². The molecule has 0 heterocycles. The van der Waals surface area contributed by atoms with Crippen molar-refractivity contribution in [2.24, 2.45) is 0 Å². The van der Waals surface area contributed by atoms with Crippen molar-refractivity contribution in [3.05, 3.63) is 114 Å². The van der Waals surface area contributed by atoms with Gasteiger partial charge in [-0.3, -0.25) is 4.79 Å². The molecule has 0 saturated heterocycles. The highest BCUT2D eigenvalue weighted by Gasteiger charge is 2.08. The Kier molecular flexibility index (Phi) is 5.00. The molecule has 0 aromatic heterocycles. The van der Waals surface area contributed by atoms with Gasteiger partial charge in [0.25, 0.3) is 0 Å². The molecule has 0 aliphatic rings.